The second-order valence-electron chi connectivity index (χ2n) is 12.2. The number of hydrogen-bond acceptors (Lipinski definition) is 5. The highest BCUT2D eigenvalue weighted by Gasteiger charge is 2.30. The van der Waals surface area contributed by atoms with Crippen LogP contribution in [0.1, 0.15) is 149 Å². The maximum Gasteiger partial charge on any atom is 0.306 e. The molecule has 1 aromatic rings. The Morgan fingerprint density at radius 3 is 1.90 bits per heavy atom. The smallest absolute Gasteiger partial charge is 0.306 e. The first kappa shape index (κ1) is 35.0. The summed E-state index contributed by atoms with van der Waals surface area (Å²) < 4.78 is 17.2. The Labute approximate surface area is 239 Å². The third-order valence-corrected chi connectivity index (χ3v) is 7.42. The molecule has 1 aromatic carbocycles. The summed E-state index contributed by atoms with van der Waals surface area (Å²) in [5.41, 5.74) is 1.42. The number of esters is 2. The van der Waals surface area contributed by atoms with Gasteiger partial charge in [0.2, 0.25) is 0 Å². The van der Waals surface area contributed by atoms with Gasteiger partial charge in [0.1, 0.15) is 5.75 Å². The van der Waals surface area contributed by atoms with E-state index in [2.05, 4.69) is 60.6 Å². The molecule has 0 unspecified atom stereocenters. The van der Waals surface area contributed by atoms with Gasteiger partial charge in [0, 0.05) is 17.4 Å². The van der Waals surface area contributed by atoms with Crippen LogP contribution in [0.5, 0.6) is 5.75 Å². The minimum absolute atomic E-state index is 0.107. The third kappa shape index (κ3) is 14.2. The van der Waals surface area contributed by atoms with Crippen molar-refractivity contribution in [2.75, 3.05) is 19.8 Å². The van der Waals surface area contributed by atoms with Crippen molar-refractivity contribution in [3.8, 4) is 5.75 Å². The lowest BCUT2D eigenvalue weighted by atomic mass is 9.76. The zero-order valence-electron chi connectivity index (χ0n) is 26.2. The highest BCUT2D eigenvalue weighted by Crippen LogP contribution is 2.39. The molecule has 0 aromatic heterocycles. The van der Waals surface area contributed by atoms with Crippen LogP contribution in [0.4, 0.5) is 0 Å². The van der Waals surface area contributed by atoms with E-state index in [0.717, 1.165) is 74.7 Å². The molecule has 0 amide bonds. The number of hydrogen-bond donors (Lipinski definition) is 0. The van der Waals surface area contributed by atoms with Crippen molar-refractivity contribution in [1.29, 1.82) is 0 Å². The number of unbranched alkanes of at least 4 members (excludes halogenated alkanes) is 7. The van der Waals surface area contributed by atoms with Crippen molar-refractivity contribution in [1.82, 2.24) is 0 Å². The molecule has 0 aliphatic carbocycles. The fraction of sp³-hybridized carbons (Fsp3) is 0.765. The van der Waals surface area contributed by atoms with Crippen molar-refractivity contribution >= 4 is 11.9 Å². The Hall–Kier alpha value is -2.04. The lowest BCUT2D eigenvalue weighted by molar-refractivity contribution is -0.145. The van der Waals surface area contributed by atoms with E-state index >= 15 is 0 Å². The van der Waals surface area contributed by atoms with Gasteiger partial charge in [0.05, 0.1) is 26.2 Å². The lowest BCUT2D eigenvalue weighted by Gasteiger charge is -2.30. The maximum atomic E-state index is 12.6. The summed E-state index contributed by atoms with van der Waals surface area (Å²) in [6.45, 7) is 16.7. The van der Waals surface area contributed by atoms with E-state index in [1.807, 2.05) is 6.07 Å². The zero-order chi connectivity index (χ0) is 29.2. The van der Waals surface area contributed by atoms with Crippen LogP contribution in [0.3, 0.4) is 0 Å². The van der Waals surface area contributed by atoms with E-state index in [1.165, 1.54) is 19.3 Å². The fourth-order valence-corrected chi connectivity index (χ4v) is 4.66. The fourth-order valence-electron chi connectivity index (χ4n) is 4.66. The minimum atomic E-state index is -0.442. The number of benzene rings is 1. The molecule has 0 aliphatic heterocycles. The molecule has 0 bridgehead atoms. The normalized spacial score (nSPS) is 11.9. The number of ether oxygens (including phenoxy) is 3. The Morgan fingerprint density at radius 1 is 0.718 bits per heavy atom. The van der Waals surface area contributed by atoms with Crippen LogP contribution in [-0.4, -0.2) is 31.8 Å². The molecule has 5 nitrogen and oxygen atoms in total. The summed E-state index contributed by atoms with van der Waals surface area (Å²) >= 11 is 0. The summed E-state index contributed by atoms with van der Waals surface area (Å²) in [6, 6.07) is 7.59. The van der Waals surface area contributed by atoms with Gasteiger partial charge in [0.15, 0.2) is 0 Å². The molecular formula is C34H57O5. The Balaban J connectivity index is 2.84. The van der Waals surface area contributed by atoms with Crippen LogP contribution in [0.25, 0.3) is 0 Å². The summed E-state index contributed by atoms with van der Waals surface area (Å²) in [6.07, 6.45) is 13.1. The predicted molar refractivity (Wildman–Crippen MR) is 160 cm³/mol. The molecule has 0 saturated carbocycles. The first-order valence-corrected chi connectivity index (χ1v) is 15.6. The predicted octanol–water partition coefficient (Wildman–Crippen LogP) is 9.03. The molecule has 1 rings (SSSR count). The summed E-state index contributed by atoms with van der Waals surface area (Å²) in [7, 11) is 0. The van der Waals surface area contributed by atoms with Gasteiger partial charge >= 0.3 is 11.9 Å². The van der Waals surface area contributed by atoms with Gasteiger partial charge in [0.25, 0.3) is 0 Å². The largest absolute Gasteiger partial charge is 0.493 e. The third-order valence-electron chi connectivity index (χ3n) is 7.42. The van der Waals surface area contributed by atoms with Crippen LogP contribution in [0, 0.1) is 6.07 Å². The van der Waals surface area contributed by atoms with Gasteiger partial charge in [-0.1, -0.05) is 93.4 Å². The van der Waals surface area contributed by atoms with Gasteiger partial charge in [-0.3, -0.25) is 9.59 Å². The molecule has 5 heteroatoms. The molecule has 0 saturated heterocycles. The van der Waals surface area contributed by atoms with E-state index in [9.17, 15) is 9.59 Å². The average molecular weight is 546 g/mol. The van der Waals surface area contributed by atoms with Gasteiger partial charge in [-0.25, -0.2) is 0 Å². The molecule has 223 valence electrons. The summed E-state index contributed by atoms with van der Waals surface area (Å²) in [5.74, 6) is 0.541. The van der Waals surface area contributed by atoms with Crippen molar-refractivity contribution in [3.63, 3.8) is 0 Å². The number of carbonyl (C=O) groups excluding carboxylic acids is 2. The van der Waals surface area contributed by atoms with Crippen LogP contribution >= 0.6 is 0 Å². The molecule has 39 heavy (non-hydrogen) atoms. The molecule has 0 heterocycles. The quantitative estimate of drug-likeness (QED) is 0.107. The van der Waals surface area contributed by atoms with Crippen molar-refractivity contribution in [2.24, 2.45) is 0 Å². The topological polar surface area (TPSA) is 61.8 Å². The van der Waals surface area contributed by atoms with Gasteiger partial charge in [-0.15, -0.1) is 0 Å². The maximum absolute atomic E-state index is 12.6. The van der Waals surface area contributed by atoms with E-state index in [1.54, 1.807) is 0 Å². The van der Waals surface area contributed by atoms with Crippen molar-refractivity contribution < 1.29 is 23.8 Å². The molecule has 0 aliphatic rings. The first-order valence-electron chi connectivity index (χ1n) is 15.6. The second-order valence-corrected chi connectivity index (χ2v) is 12.2. The van der Waals surface area contributed by atoms with Crippen LogP contribution < -0.4 is 4.74 Å². The SMILES string of the molecule is CCCCCCOC(=O)CCCC(C)(C)c1[c]cc(C(C)(C)CC(=O)OCCCCCC)c(OCCCC)c1. The number of rotatable bonds is 22. The highest BCUT2D eigenvalue weighted by molar-refractivity contribution is 5.71. The zero-order valence-corrected chi connectivity index (χ0v) is 26.2. The molecule has 1 radical (unpaired) electrons. The Bertz CT molecular complexity index is 827. The van der Waals surface area contributed by atoms with Crippen molar-refractivity contribution in [2.45, 2.75) is 149 Å². The van der Waals surface area contributed by atoms with Gasteiger partial charge in [-0.05, 0) is 61.3 Å². The Kier molecular flexibility index (Phi) is 17.1. The second kappa shape index (κ2) is 19.1. The van der Waals surface area contributed by atoms with Crippen LogP contribution in [0.2, 0.25) is 0 Å². The van der Waals surface area contributed by atoms with Crippen LogP contribution in [-0.2, 0) is 29.9 Å². The van der Waals surface area contributed by atoms with Gasteiger partial charge < -0.3 is 14.2 Å². The minimum Gasteiger partial charge on any atom is -0.493 e. The summed E-state index contributed by atoms with van der Waals surface area (Å²) in [4.78, 5) is 24.8. The number of carbonyl (C=O) groups is 2. The van der Waals surface area contributed by atoms with E-state index < -0.39 is 5.41 Å². The van der Waals surface area contributed by atoms with E-state index in [0.29, 0.717) is 32.7 Å². The van der Waals surface area contributed by atoms with E-state index in [4.69, 9.17) is 14.2 Å². The molecule has 0 spiro atoms. The average Bonchev–Trinajstić information content (AvgIpc) is 2.88. The monoisotopic (exact) mass is 545 g/mol. The van der Waals surface area contributed by atoms with Gasteiger partial charge in [-0.2, -0.15) is 0 Å². The molecular weight excluding hydrogens is 488 g/mol. The summed E-state index contributed by atoms with van der Waals surface area (Å²) in [5, 5.41) is 0. The highest BCUT2D eigenvalue weighted by atomic mass is 16.5. The first-order chi connectivity index (χ1) is 18.6. The molecule has 0 N–H and O–H groups in total. The standard InChI is InChI=1S/C34H57O5/c1-8-11-14-16-24-38-31(35)19-18-22-33(4,5)28-20-21-29(30(26-28)37-23-13-10-3)34(6,7)27-32(36)39-25-17-15-12-9-2/h21,26H,8-19,22-25,27H2,1-7H3. The lowest BCUT2D eigenvalue weighted by Crippen LogP contribution is -2.25. The Morgan fingerprint density at radius 2 is 1.31 bits per heavy atom. The molecule has 0 fully saturated rings. The van der Waals surface area contributed by atoms with E-state index in [-0.39, 0.29) is 17.4 Å². The molecule has 0 atom stereocenters. The van der Waals surface area contributed by atoms with Crippen LogP contribution in [0.15, 0.2) is 12.1 Å². The van der Waals surface area contributed by atoms with Crippen molar-refractivity contribution in [3.05, 3.63) is 29.3 Å².